The molecule has 2 aliphatic carbocycles. The van der Waals surface area contributed by atoms with Crippen molar-refractivity contribution in [3.8, 4) is 0 Å². The smallest absolute Gasteiger partial charge is 0.0320 e. The Bertz CT molecular complexity index is 399. The third-order valence-corrected chi connectivity index (χ3v) is 5.59. The molecule has 0 amide bonds. The van der Waals surface area contributed by atoms with E-state index in [0.717, 1.165) is 17.9 Å². The maximum Gasteiger partial charge on any atom is 0.0320 e. The van der Waals surface area contributed by atoms with Crippen LogP contribution in [0.5, 0.6) is 0 Å². The summed E-state index contributed by atoms with van der Waals surface area (Å²) in [7, 11) is 0. The van der Waals surface area contributed by atoms with Gasteiger partial charge in [0.05, 0.1) is 0 Å². The number of hydrogen-bond donors (Lipinski definition) is 1. The van der Waals surface area contributed by atoms with Crippen molar-refractivity contribution in [2.45, 2.75) is 70.4 Å². The van der Waals surface area contributed by atoms with Gasteiger partial charge in [0, 0.05) is 12.1 Å². The summed E-state index contributed by atoms with van der Waals surface area (Å²) < 4.78 is 0. The molecule has 1 heteroatoms. The summed E-state index contributed by atoms with van der Waals surface area (Å²) in [5.74, 6) is 2.07. The molecule has 4 atom stereocenters. The molecule has 20 heavy (non-hydrogen) atoms. The molecule has 0 heterocycles. The molecular formula is C19H29N. The molecular weight excluding hydrogens is 242 g/mol. The molecule has 1 nitrogen and oxygen atoms in total. The molecule has 0 aliphatic heterocycles. The number of rotatable bonds is 4. The minimum atomic E-state index is 0.543. The van der Waals surface area contributed by atoms with Gasteiger partial charge in [-0.15, -0.1) is 0 Å². The van der Waals surface area contributed by atoms with Crippen LogP contribution < -0.4 is 5.32 Å². The Morgan fingerprint density at radius 1 is 1.00 bits per heavy atom. The van der Waals surface area contributed by atoms with Crippen molar-refractivity contribution in [3.05, 3.63) is 35.9 Å². The lowest BCUT2D eigenvalue weighted by Gasteiger charge is -2.40. The Labute approximate surface area is 124 Å². The topological polar surface area (TPSA) is 12.0 Å². The van der Waals surface area contributed by atoms with Crippen LogP contribution in [0.3, 0.4) is 0 Å². The van der Waals surface area contributed by atoms with Gasteiger partial charge in [-0.3, -0.25) is 0 Å². The van der Waals surface area contributed by atoms with E-state index in [0.29, 0.717) is 6.04 Å². The van der Waals surface area contributed by atoms with Gasteiger partial charge >= 0.3 is 0 Å². The highest BCUT2D eigenvalue weighted by Crippen LogP contribution is 2.40. The zero-order valence-electron chi connectivity index (χ0n) is 12.9. The van der Waals surface area contributed by atoms with Crippen LogP contribution in [0, 0.1) is 11.8 Å². The van der Waals surface area contributed by atoms with E-state index in [9.17, 15) is 0 Å². The molecule has 2 saturated carbocycles. The fraction of sp³-hybridized carbons (Fsp3) is 0.684. The highest BCUT2D eigenvalue weighted by atomic mass is 15.0. The Hall–Kier alpha value is -0.820. The van der Waals surface area contributed by atoms with Gasteiger partial charge in [-0.1, -0.05) is 62.9 Å². The molecule has 1 N–H and O–H groups in total. The standard InChI is InChI=1S/C19H29N/c1-2-19(16-9-4-3-5-10-16)20-18-13-12-15-8-6-7-11-17(15)14-18/h3-5,9-10,15,17-20H,2,6-8,11-14H2,1H3. The third kappa shape index (κ3) is 3.25. The largest absolute Gasteiger partial charge is 0.307 e. The number of hydrogen-bond acceptors (Lipinski definition) is 1. The van der Waals surface area contributed by atoms with Crippen LogP contribution >= 0.6 is 0 Å². The first kappa shape index (κ1) is 14.1. The van der Waals surface area contributed by atoms with Crippen LogP contribution in [-0.2, 0) is 0 Å². The van der Waals surface area contributed by atoms with Gasteiger partial charge in [-0.2, -0.15) is 0 Å². The van der Waals surface area contributed by atoms with Crippen LogP contribution in [0.2, 0.25) is 0 Å². The van der Waals surface area contributed by atoms with Crippen molar-refractivity contribution < 1.29 is 0 Å². The van der Waals surface area contributed by atoms with E-state index in [2.05, 4.69) is 42.6 Å². The molecule has 1 aromatic carbocycles. The summed E-state index contributed by atoms with van der Waals surface area (Å²) in [5.41, 5.74) is 1.46. The lowest BCUT2D eigenvalue weighted by atomic mass is 9.69. The SMILES string of the molecule is CCC(NC1CCC2CCCCC2C1)c1ccccc1. The van der Waals surface area contributed by atoms with Crippen molar-refractivity contribution in [3.63, 3.8) is 0 Å². The second kappa shape index (κ2) is 6.76. The van der Waals surface area contributed by atoms with E-state index in [1.54, 1.807) is 0 Å². The first-order valence-electron chi connectivity index (χ1n) is 8.67. The molecule has 0 bridgehead atoms. The number of fused-ring (bicyclic) bond motifs is 1. The predicted molar refractivity (Wildman–Crippen MR) is 85.7 cm³/mol. The summed E-state index contributed by atoms with van der Waals surface area (Å²) in [5, 5.41) is 3.95. The second-order valence-corrected chi connectivity index (χ2v) is 6.85. The predicted octanol–water partition coefficient (Wildman–Crippen LogP) is 5.09. The Balaban J connectivity index is 1.59. The van der Waals surface area contributed by atoms with Crippen LogP contribution in [-0.4, -0.2) is 6.04 Å². The first-order valence-corrected chi connectivity index (χ1v) is 8.67. The summed E-state index contributed by atoms with van der Waals surface area (Å²) >= 11 is 0. The average molecular weight is 271 g/mol. The van der Waals surface area contributed by atoms with E-state index in [4.69, 9.17) is 0 Å². The zero-order valence-corrected chi connectivity index (χ0v) is 12.9. The summed E-state index contributed by atoms with van der Waals surface area (Å²) in [6.45, 7) is 2.30. The zero-order chi connectivity index (χ0) is 13.8. The average Bonchev–Trinajstić information content (AvgIpc) is 2.53. The molecule has 0 spiro atoms. The molecule has 2 aliphatic rings. The molecule has 0 saturated heterocycles. The Morgan fingerprint density at radius 2 is 1.75 bits per heavy atom. The van der Waals surface area contributed by atoms with Gasteiger partial charge in [0.1, 0.15) is 0 Å². The van der Waals surface area contributed by atoms with Crippen molar-refractivity contribution in [2.24, 2.45) is 11.8 Å². The van der Waals surface area contributed by atoms with Gasteiger partial charge in [0.2, 0.25) is 0 Å². The molecule has 3 rings (SSSR count). The van der Waals surface area contributed by atoms with Crippen molar-refractivity contribution in [1.82, 2.24) is 5.32 Å². The van der Waals surface area contributed by atoms with E-state index in [-0.39, 0.29) is 0 Å². The van der Waals surface area contributed by atoms with Gasteiger partial charge in [-0.05, 0) is 43.1 Å². The fourth-order valence-corrected chi connectivity index (χ4v) is 4.44. The molecule has 0 radical (unpaired) electrons. The summed E-state index contributed by atoms with van der Waals surface area (Å²) in [6, 6.07) is 12.3. The summed E-state index contributed by atoms with van der Waals surface area (Å²) in [6.07, 6.45) is 11.4. The van der Waals surface area contributed by atoms with Crippen LogP contribution in [0.25, 0.3) is 0 Å². The first-order chi connectivity index (χ1) is 9.86. The third-order valence-electron chi connectivity index (χ3n) is 5.59. The minimum absolute atomic E-state index is 0.543. The Morgan fingerprint density at radius 3 is 2.50 bits per heavy atom. The van der Waals surface area contributed by atoms with Gasteiger partial charge in [0.25, 0.3) is 0 Å². The minimum Gasteiger partial charge on any atom is -0.307 e. The molecule has 1 aromatic rings. The van der Waals surface area contributed by atoms with Gasteiger partial charge in [-0.25, -0.2) is 0 Å². The lowest BCUT2D eigenvalue weighted by Crippen LogP contribution is -2.40. The van der Waals surface area contributed by atoms with Crippen LogP contribution in [0.4, 0.5) is 0 Å². The fourth-order valence-electron chi connectivity index (χ4n) is 4.44. The number of benzene rings is 1. The van der Waals surface area contributed by atoms with E-state index in [1.807, 2.05) is 0 Å². The highest BCUT2D eigenvalue weighted by molar-refractivity contribution is 5.19. The van der Waals surface area contributed by atoms with E-state index >= 15 is 0 Å². The monoisotopic (exact) mass is 271 g/mol. The van der Waals surface area contributed by atoms with Crippen molar-refractivity contribution >= 4 is 0 Å². The normalized spacial score (nSPS) is 31.6. The maximum atomic E-state index is 3.95. The van der Waals surface area contributed by atoms with Crippen molar-refractivity contribution in [2.75, 3.05) is 0 Å². The maximum absolute atomic E-state index is 3.95. The molecule has 110 valence electrons. The Kier molecular flexibility index (Phi) is 4.77. The number of nitrogens with one attached hydrogen (secondary N) is 1. The highest BCUT2D eigenvalue weighted by Gasteiger charge is 2.32. The van der Waals surface area contributed by atoms with Crippen LogP contribution in [0.1, 0.15) is 69.9 Å². The van der Waals surface area contributed by atoms with Crippen LogP contribution in [0.15, 0.2) is 30.3 Å². The molecule has 4 unspecified atom stereocenters. The quantitative estimate of drug-likeness (QED) is 0.804. The van der Waals surface area contributed by atoms with Gasteiger partial charge in [0.15, 0.2) is 0 Å². The van der Waals surface area contributed by atoms with E-state index < -0.39 is 0 Å². The van der Waals surface area contributed by atoms with Crippen molar-refractivity contribution in [1.29, 1.82) is 0 Å². The second-order valence-electron chi connectivity index (χ2n) is 6.85. The lowest BCUT2D eigenvalue weighted by molar-refractivity contribution is 0.138. The van der Waals surface area contributed by atoms with Gasteiger partial charge < -0.3 is 5.32 Å². The molecule has 2 fully saturated rings. The molecule has 0 aromatic heterocycles. The summed E-state index contributed by atoms with van der Waals surface area (Å²) in [4.78, 5) is 0. The van der Waals surface area contributed by atoms with E-state index in [1.165, 1.54) is 56.9 Å².